The molecule has 5 nitrogen and oxygen atoms in total. The number of ether oxygens (including phenoxy) is 1. The second-order valence-corrected chi connectivity index (χ2v) is 5.96. The second-order valence-electron chi connectivity index (χ2n) is 5.96. The third-order valence-corrected chi connectivity index (χ3v) is 3.88. The highest BCUT2D eigenvalue weighted by molar-refractivity contribution is 5.94. The number of amides is 2. The van der Waals surface area contributed by atoms with Gasteiger partial charge in [0, 0.05) is 32.6 Å². The van der Waals surface area contributed by atoms with Gasteiger partial charge in [-0.1, -0.05) is 12.1 Å². The summed E-state index contributed by atoms with van der Waals surface area (Å²) in [7, 11) is 1.67. The number of rotatable bonds is 8. The summed E-state index contributed by atoms with van der Waals surface area (Å²) in [5.74, 6) is -1.77. The van der Waals surface area contributed by atoms with Crippen LogP contribution in [0.1, 0.15) is 29.3 Å². The molecule has 27 heavy (non-hydrogen) atoms. The average molecular weight is 376 g/mol. The molecular formula is C20H22F2N2O3. The Morgan fingerprint density at radius 3 is 2.44 bits per heavy atom. The van der Waals surface area contributed by atoms with Crippen molar-refractivity contribution in [1.82, 2.24) is 10.2 Å². The van der Waals surface area contributed by atoms with Crippen LogP contribution in [-0.4, -0.2) is 36.9 Å². The van der Waals surface area contributed by atoms with Crippen molar-refractivity contribution in [2.24, 2.45) is 0 Å². The second kappa shape index (κ2) is 9.66. The standard InChI is InChI=1S/C20H22F2N2O3/c1-3-27-16-7-4-14(5-8-16)13-24(2)19(25)10-11-23-20(26)17-9-6-15(21)12-18(17)22/h4-9,12H,3,10-11,13H2,1-2H3,(H,23,26). The molecule has 0 aliphatic heterocycles. The Hall–Kier alpha value is -2.96. The largest absolute Gasteiger partial charge is 0.494 e. The van der Waals surface area contributed by atoms with Crippen LogP contribution in [0.15, 0.2) is 42.5 Å². The maximum absolute atomic E-state index is 13.5. The predicted molar refractivity (Wildman–Crippen MR) is 97.4 cm³/mol. The zero-order chi connectivity index (χ0) is 19.8. The van der Waals surface area contributed by atoms with Crippen molar-refractivity contribution >= 4 is 11.8 Å². The minimum Gasteiger partial charge on any atom is -0.494 e. The lowest BCUT2D eigenvalue weighted by Crippen LogP contribution is -2.32. The SMILES string of the molecule is CCOc1ccc(CN(C)C(=O)CCNC(=O)c2ccc(F)cc2F)cc1. The van der Waals surface area contributed by atoms with Crippen molar-refractivity contribution < 1.29 is 23.1 Å². The summed E-state index contributed by atoms with van der Waals surface area (Å²) in [6.45, 7) is 2.97. The van der Waals surface area contributed by atoms with Crippen LogP contribution in [0.3, 0.4) is 0 Å². The Labute approximate surface area is 156 Å². The van der Waals surface area contributed by atoms with Crippen LogP contribution in [-0.2, 0) is 11.3 Å². The van der Waals surface area contributed by atoms with Gasteiger partial charge >= 0.3 is 0 Å². The zero-order valence-electron chi connectivity index (χ0n) is 15.3. The quantitative estimate of drug-likeness (QED) is 0.770. The van der Waals surface area contributed by atoms with Crippen molar-refractivity contribution in [3.63, 3.8) is 0 Å². The number of carbonyl (C=O) groups is 2. The van der Waals surface area contributed by atoms with E-state index in [1.165, 1.54) is 0 Å². The first kappa shape index (κ1) is 20.4. The van der Waals surface area contributed by atoms with Crippen molar-refractivity contribution in [2.45, 2.75) is 19.9 Å². The summed E-state index contributed by atoms with van der Waals surface area (Å²) in [5.41, 5.74) is 0.693. The highest BCUT2D eigenvalue weighted by atomic mass is 19.1. The number of nitrogens with one attached hydrogen (secondary N) is 1. The summed E-state index contributed by atoms with van der Waals surface area (Å²) in [6, 6.07) is 10.2. The number of nitrogens with zero attached hydrogens (tertiary/aromatic N) is 1. The molecule has 0 aliphatic rings. The first-order chi connectivity index (χ1) is 12.9. The van der Waals surface area contributed by atoms with E-state index in [-0.39, 0.29) is 24.4 Å². The molecule has 0 spiro atoms. The lowest BCUT2D eigenvalue weighted by molar-refractivity contribution is -0.130. The van der Waals surface area contributed by atoms with Crippen LogP contribution in [0.25, 0.3) is 0 Å². The molecule has 0 atom stereocenters. The van der Waals surface area contributed by atoms with Crippen molar-refractivity contribution in [2.75, 3.05) is 20.2 Å². The van der Waals surface area contributed by atoms with E-state index in [1.54, 1.807) is 11.9 Å². The van der Waals surface area contributed by atoms with Gasteiger partial charge in [-0.05, 0) is 36.8 Å². The summed E-state index contributed by atoms with van der Waals surface area (Å²) < 4.78 is 31.8. The van der Waals surface area contributed by atoms with Crippen LogP contribution in [0.5, 0.6) is 5.75 Å². The minimum absolute atomic E-state index is 0.0576. The third kappa shape index (κ3) is 6.06. The van der Waals surface area contributed by atoms with Gasteiger partial charge in [0.15, 0.2) is 0 Å². The molecule has 0 aliphatic carbocycles. The highest BCUT2D eigenvalue weighted by Crippen LogP contribution is 2.13. The molecule has 144 valence electrons. The lowest BCUT2D eigenvalue weighted by Gasteiger charge is -2.18. The Kier molecular flexibility index (Phi) is 7.28. The number of benzene rings is 2. The monoisotopic (exact) mass is 376 g/mol. The fourth-order valence-corrected chi connectivity index (χ4v) is 2.46. The van der Waals surface area contributed by atoms with E-state index in [9.17, 15) is 18.4 Å². The molecule has 0 unspecified atom stereocenters. The molecule has 0 saturated heterocycles. The molecule has 2 amide bonds. The Balaban J connectivity index is 1.79. The maximum atomic E-state index is 13.5. The van der Waals surface area contributed by atoms with Gasteiger partial charge < -0.3 is 15.0 Å². The first-order valence-corrected chi connectivity index (χ1v) is 8.59. The van der Waals surface area contributed by atoms with Crippen LogP contribution in [0.4, 0.5) is 8.78 Å². The molecule has 0 radical (unpaired) electrons. The van der Waals surface area contributed by atoms with Gasteiger partial charge in [0.05, 0.1) is 12.2 Å². The van der Waals surface area contributed by atoms with Crippen LogP contribution in [0, 0.1) is 11.6 Å². The minimum atomic E-state index is -0.938. The number of halogens is 2. The van der Waals surface area contributed by atoms with E-state index in [1.807, 2.05) is 31.2 Å². The third-order valence-electron chi connectivity index (χ3n) is 3.88. The maximum Gasteiger partial charge on any atom is 0.254 e. The smallest absolute Gasteiger partial charge is 0.254 e. The van der Waals surface area contributed by atoms with Gasteiger partial charge in [0.1, 0.15) is 17.4 Å². The molecule has 2 rings (SSSR count). The van der Waals surface area contributed by atoms with E-state index >= 15 is 0 Å². The molecule has 0 fully saturated rings. The van der Waals surface area contributed by atoms with E-state index in [0.717, 1.165) is 23.4 Å². The van der Waals surface area contributed by atoms with Gasteiger partial charge in [-0.2, -0.15) is 0 Å². The van der Waals surface area contributed by atoms with Crippen molar-refractivity contribution in [3.8, 4) is 5.75 Å². The zero-order valence-corrected chi connectivity index (χ0v) is 15.3. The van der Waals surface area contributed by atoms with Gasteiger partial charge in [-0.25, -0.2) is 8.78 Å². The van der Waals surface area contributed by atoms with Gasteiger partial charge in [0.25, 0.3) is 5.91 Å². The van der Waals surface area contributed by atoms with E-state index in [4.69, 9.17) is 4.74 Å². The molecule has 2 aromatic rings. The molecular weight excluding hydrogens is 354 g/mol. The molecule has 0 aromatic heterocycles. The van der Waals surface area contributed by atoms with E-state index in [0.29, 0.717) is 19.2 Å². The van der Waals surface area contributed by atoms with Gasteiger partial charge in [-0.15, -0.1) is 0 Å². The summed E-state index contributed by atoms with van der Waals surface area (Å²) in [5, 5.41) is 2.46. The van der Waals surface area contributed by atoms with E-state index in [2.05, 4.69) is 5.32 Å². The van der Waals surface area contributed by atoms with Crippen molar-refractivity contribution in [1.29, 1.82) is 0 Å². The van der Waals surface area contributed by atoms with Crippen LogP contribution >= 0.6 is 0 Å². The number of hydrogen-bond acceptors (Lipinski definition) is 3. The van der Waals surface area contributed by atoms with Crippen LogP contribution < -0.4 is 10.1 Å². The molecule has 7 heteroatoms. The lowest BCUT2D eigenvalue weighted by atomic mass is 10.2. The van der Waals surface area contributed by atoms with Crippen LogP contribution in [0.2, 0.25) is 0 Å². The Bertz CT molecular complexity index is 794. The molecule has 2 aromatic carbocycles. The fourth-order valence-electron chi connectivity index (χ4n) is 2.46. The molecule has 0 bridgehead atoms. The van der Waals surface area contributed by atoms with Crippen molar-refractivity contribution in [3.05, 3.63) is 65.2 Å². The molecule has 0 saturated carbocycles. The summed E-state index contributed by atoms with van der Waals surface area (Å²) >= 11 is 0. The van der Waals surface area contributed by atoms with E-state index < -0.39 is 17.5 Å². The Morgan fingerprint density at radius 2 is 1.81 bits per heavy atom. The van der Waals surface area contributed by atoms with Gasteiger partial charge in [0.2, 0.25) is 5.91 Å². The average Bonchev–Trinajstić information content (AvgIpc) is 2.63. The van der Waals surface area contributed by atoms with Gasteiger partial charge in [-0.3, -0.25) is 9.59 Å². The molecule has 1 N–H and O–H groups in total. The number of carbonyl (C=O) groups excluding carboxylic acids is 2. The first-order valence-electron chi connectivity index (χ1n) is 8.59. The summed E-state index contributed by atoms with van der Waals surface area (Å²) in [4.78, 5) is 25.6. The fraction of sp³-hybridized carbons (Fsp3) is 0.300. The number of hydrogen-bond donors (Lipinski definition) is 1. The normalized spacial score (nSPS) is 10.4. The Morgan fingerprint density at radius 1 is 1.11 bits per heavy atom. The highest BCUT2D eigenvalue weighted by Gasteiger charge is 2.14. The topological polar surface area (TPSA) is 58.6 Å². The molecule has 0 heterocycles. The summed E-state index contributed by atoms with van der Waals surface area (Å²) in [6.07, 6.45) is 0.0715. The predicted octanol–water partition coefficient (Wildman–Crippen LogP) is 3.14.